The first-order valence-electron chi connectivity index (χ1n) is 11.1. The summed E-state index contributed by atoms with van der Waals surface area (Å²) in [4.78, 5) is 9.98. The zero-order chi connectivity index (χ0) is 21.1. The summed E-state index contributed by atoms with van der Waals surface area (Å²) in [6.07, 6.45) is 4.01. The number of fused-ring (bicyclic) bond motifs is 1. The van der Waals surface area contributed by atoms with Gasteiger partial charge in [-0.1, -0.05) is 12.5 Å². The molecule has 0 bridgehead atoms. The first kappa shape index (κ1) is 20.9. The van der Waals surface area contributed by atoms with Gasteiger partial charge in [-0.05, 0) is 88.8 Å². The molecule has 1 fully saturated rings. The van der Waals surface area contributed by atoms with Gasteiger partial charge >= 0.3 is 0 Å². The van der Waals surface area contributed by atoms with E-state index in [1.54, 1.807) is 7.11 Å². The number of ether oxygens (including phenoxy) is 1. The molecule has 5 heteroatoms. The summed E-state index contributed by atoms with van der Waals surface area (Å²) < 4.78 is 7.64. The zero-order valence-corrected chi connectivity index (χ0v) is 18.8. The number of aromatic nitrogens is 2. The molecule has 2 heterocycles. The van der Waals surface area contributed by atoms with Crippen LogP contribution in [0.25, 0.3) is 16.7 Å². The van der Waals surface area contributed by atoms with Crippen molar-refractivity contribution in [2.75, 3.05) is 27.2 Å². The second-order valence-corrected chi connectivity index (χ2v) is 8.73. The summed E-state index contributed by atoms with van der Waals surface area (Å²) in [5.74, 6) is 1.94. The smallest absolute Gasteiger partial charge is 0.128 e. The SMILES string of the molecule is COc1ccc(-n2c(CN(C)C(C)C)nc3cc(CN4CCCCC4)ccc32)cc1. The van der Waals surface area contributed by atoms with Gasteiger partial charge in [-0.2, -0.15) is 0 Å². The molecule has 0 atom stereocenters. The second kappa shape index (κ2) is 9.19. The molecule has 0 amide bonds. The molecular formula is C25H34N4O. The molecule has 1 aliphatic rings. The quantitative estimate of drug-likeness (QED) is 0.561. The molecule has 1 aromatic heterocycles. The first-order valence-corrected chi connectivity index (χ1v) is 11.1. The van der Waals surface area contributed by atoms with Gasteiger partial charge < -0.3 is 4.74 Å². The van der Waals surface area contributed by atoms with Gasteiger partial charge in [0.05, 0.1) is 24.7 Å². The number of rotatable bonds is 7. The topological polar surface area (TPSA) is 33.5 Å². The zero-order valence-electron chi connectivity index (χ0n) is 18.8. The van der Waals surface area contributed by atoms with Crippen molar-refractivity contribution in [2.45, 2.75) is 52.2 Å². The maximum absolute atomic E-state index is 5.35. The van der Waals surface area contributed by atoms with Crippen molar-refractivity contribution in [1.82, 2.24) is 19.4 Å². The van der Waals surface area contributed by atoms with Crippen molar-refractivity contribution in [1.29, 1.82) is 0 Å². The Bertz CT molecular complexity index is 971. The van der Waals surface area contributed by atoms with Crippen molar-refractivity contribution in [3.05, 3.63) is 53.9 Å². The minimum Gasteiger partial charge on any atom is -0.497 e. The summed E-state index contributed by atoms with van der Waals surface area (Å²) in [6, 6.07) is 15.5. The molecule has 5 nitrogen and oxygen atoms in total. The van der Waals surface area contributed by atoms with Crippen LogP contribution in [-0.2, 0) is 13.1 Å². The fourth-order valence-corrected chi connectivity index (χ4v) is 4.18. The Morgan fingerprint density at radius 1 is 1.03 bits per heavy atom. The van der Waals surface area contributed by atoms with Gasteiger partial charge in [0.25, 0.3) is 0 Å². The van der Waals surface area contributed by atoms with Crippen molar-refractivity contribution in [3.63, 3.8) is 0 Å². The Morgan fingerprint density at radius 2 is 1.77 bits per heavy atom. The number of nitrogens with zero attached hydrogens (tertiary/aromatic N) is 4. The van der Waals surface area contributed by atoms with E-state index in [1.807, 2.05) is 12.1 Å². The maximum atomic E-state index is 5.35. The number of methoxy groups -OCH3 is 1. The van der Waals surface area contributed by atoms with E-state index in [4.69, 9.17) is 9.72 Å². The lowest BCUT2D eigenvalue weighted by Gasteiger charge is -2.26. The van der Waals surface area contributed by atoms with E-state index in [0.717, 1.165) is 41.4 Å². The average molecular weight is 407 g/mol. The molecule has 0 aliphatic carbocycles. The van der Waals surface area contributed by atoms with Crippen LogP contribution in [0.5, 0.6) is 5.75 Å². The molecule has 0 radical (unpaired) electrons. The third-order valence-electron chi connectivity index (χ3n) is 6.25. The van der Waals surface area contributed by atoms with Crippen molar-refractivity contribution >= 4 is 11.0 Å². The highest BCUT2D eigenvalue weighted by Crippen LogP contribution is 2.26. The molecule has 30 heavy (non-hydrogen) atoms. The summed E-state index contributed by atoms with van der Waals surface area (Å²) in [6.45, 7) is 8.69. The third-order valence-corrected chi connectivity index (χ3v) is 6.25. The van der Waals surface area contributed by atoms with Gasteiger partial charge in [-0.3, -0.25) is 14.4 Å². The van der Waals surface area contributed by atoms with Crippen LogP contribution in [0.3, 0.4) is 0 Å². The highest BCUT2D eigenvalue weighted by molar-refractivity contribution is 5.79. The number of piperidine rings is 1. The fraction of sp³-hybridized carbons (Fsp3) is 0.480. The molecule has 1 aliphatic heterocycles. The molecule has 0 unspecified atom stereocenters. The number of imidazole rings is 1. The minimum absolute atomic E-state index is 0.462. The molecule has 1 saturated heterocycles. The van der Waals surface area contributed by atoms with E-state index in [0.29, 0.717) is 6.04 Å². The van der Waals surface area contributed by atoms with Crippen LogP contribution < -0.4 is 4.74 Å². The van der Waals surface area contributed by atoms with Crippen molar-refractivity contribution in [2.24, 2.45) is 0 Å². The van der Waals surface area contributed by atoms with E-state index < -0.39 is 0 Å². The number of hydrogen-bond donors (Lipinski definition) is 0. The lowest BCUT2D eigenvalue weighted by Crippen LogP contribution is -2.29. The highest BCUT2D eigenvalue weighted by atomic mass is 16.5. The molecule has 4 rings (SSSR count). The van der Waals surface area contributed by atoms with Gasteiger partial charge in [0, 0.05) is 18.3 Å². The second-order valence-electron chi connectivity index (χ2n) is 8.73. The lowest BCUT2D eigenvalue weighted by molar-refractivity contribution is 0.221. The van der Waals surface area contributed by atoms with Gasteiger partial charge in [-0.15, -0.1) is 0 Å². The van der Waals surface area contributed by atoms with Gasteiger partial charge in [-0.25, -0.2) is 4.98 Å². The average Bonchev–Trinajstić information content (AvgIpc) is 3.11. The largest absolute Gasteiger partial charge is 0.497 e. The molecule has 0 spiro atoms. The Kier molecular flexibility index (Phi) is 6.40. The number of likely N-dealkylation sites (tertiary alicyclic amines) is 1. The van der Waals surface area contributed by atoms with Gasteiger partial charge in [0.15, 0.2) is 0 Å². The summed E-state index contributed by atoms with van der Waals surface area (Å²) in [5, 5.41) is 0. The maximum Gasteiger partial charge on any atom is 0.128 e. The van der Waals surface area contributed by atoms with Gasteiger partial charge in [0.2, 0.25) is 0 Å². The van der Waals surface area contributed by atoms with Crippen LogP contribution in [0, 0.1) is 0 Å². The summed E-state index contributed by atoms with van der Waals surface area (Å²) in [7, 11) is 3.86. The standard InChI is InChI=1S/C25H34N4O/c1-19(2)27(3)18-25-26-23-16-20(17-28-14-6-5-7-15-28)8-13-24(23)29(25)21-9-11-22(30-4)12-10-21/h8-13,16,19H,5-7,14-15,17-18H2,1-4H3. The predicted molar refractivity (Wildman–Crippen MR) is 123 cm³/mol. The van der Waals surface area contributed by atoms with Gasteiger partial charge in [0.1, 0.15) is 11.6 Å². The lowest BCUT2D eigenvalue weighted by atomic mass is 10.1. The number of benzene rings is 2. The highest BCUT2D eigenvalue weighted by Gasteiger charge is 2.17. The van der Waals surface area contributed by atoms with E-state index in [2.05, 4.69) is 65.6 Å². The number of hydrogen-bond acceptors (Lipinski definition) is 4. The van der Waals surface area contributed by atoms with Crippen LogP contribution in [-0.4, -0.2) is 52.6 Å². The van der Waals surface area contributed by atoms with E-state index in [1.165, 1.54) is 37.9 Å². The Hall–Kier alpha value is -2.37. The van der Waals surface area contributed by atoms with Crippen LogP contribution in [0.15, 0.2) is 42.5 Å². The minimum atomic E-state index is 0.462. The van der Waals surface area contributed by atoms with Crippen LogP contribution in [0.2, 0.25) is 0 Å². The Morgan fingerprint density at radius 3 is 2.43 bits per heavy atom. The van der Waals surface area contributed by atoms with E-state index in [9.17, 15) is 0 Å². The van der Waals surface area contributed by atoms with Crippen molar-refractivity contribution in [3.8, 4) is 11.4 Å². The summed E-state index contributed by atoms with van der Waals surface area (Å²) in [5.41, 5.74) is 4.71. The fourth-order valence-electron chi connectivity index (χ4n) is 4.18. The molecule has 2 aromatic carbocycles. The normalized spacial score (nSPS) is 15.4. The van der Waals surface area contributed by atoms with E-state index >= 15 is 0 Å². The first-order chi connectivity index (χ1) is 14.5. The molecule has 0 saturated carbocycles. The molecular weight excluding hydrogens is 372 g/mol. The summed E-state index contributed by atoms with van der Waals surface area (Å²) >= 11 is 0. The monoisotopic (exact) mass is 406 g/mol. The van der Waals surface area contributed by atoms with E-state index in [-0.39, 0.29) is 0 Å². The molecule has 0 N–H and O–H groups in total. The predicted octanol–water partition coefficient (Wildman–Crippen LogP) is 4.86. The molecule has 160 valence electrons. The van der Waals surface area contributed by atoms with Crippen molar-refractivity contribution < 1.29 is 4.74 Å². The Labute approximate surface area is 180 Å². The van der Waals surface area contributed by atoms with Crippen LogP contribution in [0.4, 0.5) is 0 Å². The van der Waals surface area contributed by atoms with Crippen LogP contribution in [0.1, 0.15) is 44.5 Å². The van der Waals surface area contributed by atoms with Crippen LogP contribution >= 0.6 is 0 Å². The molecule has 3 aromatic rings. The Balaban J connectivity index is 1.71. The third kappa shape index (κ3) is 4.52.